The van der Waals surface area contributed by atoms with Crippen molar-refractivity contribution in [2.24, 2.45) is 0 Å². The van der Waals surface area contributed by atoms with Crippen LogP contribution in [-0.2, 0) is 0 Å². The molecule has 1 N–H and O–H groups in total. The summed E-state index contributed by atoms with van der Waals surface area (Å²) in [5.41, 5.74) is 1.25. The molecule has 92 valence electrons. The molecule has 0 spiro atoms. The van der Waals surface area contributed by atoms with Gasteiger partial charge < -0.3 is 5.32 Å². The van der Waals surface area contributed by atoms with Gasteiger partial charge in [0.25, 0.3) is 5.91 Å². The maximum Gasteiger partial charge on any atom is 0.258 e. The van der Waals surface area contributed by atoms with Crippen LogP contribution in [0.25, 0.3) is 0 Å². The molecule has 3 nitrogen and oxygen atoms in total. The fourth-order valence-corrected chi connectivity index (χ4v) is 1.58. The van der Waals surface area contributed by atoms with Crippen LogP contribution in [0, 0.1) is 12.7 Å². The summed E-state index contributed by atoms with van der Waals surface area (Å²) in [6, 6.07) is 7.28. The van der Waals surface area contributed by atoms with Gasteiger partial charge in [0.05, 0.1) is 17.4 Å². The number of aryl methyl sites for hydroxylation is 1. The van der Waals surface area contributed by atoms with Gasteiger partial charge in [-0.2, -0.15) is 0 Å². The highest BCUT2D eigenvalue weighted by Crippen LogP contribution is 2.16. The molecule has 2 rings (SSSR count). The standard InChI is InChI=1S/C13H10ClFN2O/c1-8-2-4-10(7-16-8)17-13(18)11-6-9(14)3-5-12(11)15/h2-7H,1H3,(H,17,18). The molecule has 0 saturated heterocycles. The minimum atomic E-state index is -0.614. The maximum atomic E-state index is 13.5. The Morgan fingerprint density at radius 2 is 2.11 bits per heavy atom. The number of hydrogen-bond donors (Lipinski definition) is 1. The summed E-state index contributed by atoms with van der Waals surface area (Å²) in [6.07, 6.45) is 1.51. The van der Waals surface area contributed by atoms with E-state index >= 15 is 0 Å². The zero-order chi connectivity index (χ0) is 13.1. The Balaban J connectivity index is 2.21. The minimum absolute atomic E-state index is 0.0944. The van der Waals surface area contributed by atoms with E-state index in [1.165, 1.54) is 18.3 Å². The Bertz CT molecular complexity index is 584. The van der Waals surface area contributed by atoms with Crippen molar-refractivity contribution in [1.82, 2.24) is 4.98 Å². The zero-order valence-corrected chi connectivity index (χ0v) is 10.3. The van der Waals surface area contributed by atoms with E-state index in [1.54, 1.807) is 12.1 Å². The van der Waals surface area contributed by atoms with Crippen LogP contribution in [0.5, 0.6) is 0 Å². The third-order valence-corrected chi connectivity index (χ3v) is 2.58. The molecule has 0 aliphatic carbocycles. The van der Waals surface area contributed by atoms with Gasteiger partial charge in [-0.15, -0.1) is 0 Å². The van der Waals surface area contributed by atoms with E-state index < -0.39 is 11.7 Å². The lowest BCUT2D eigenvalue weighted by Gasteiger charge is -2.06. The Kier molecular flexibility index (Phi) is 3.58. The lowest BCUT2D eigenvalue weighted by molar-refractivity contribution is 0.102. The molecular formula is C13H10ClFN2O. The topological polar surface area (TPSA) is 42.0 Å². The molecule has 1 amide bonds. The molecule has 0 aliphatic heterocycles. The van der Waals surface area contributed by atoms with Crippen LogP contribution in [-0.4, -0.2) is 10.9 Å². The number of nitrogens with one attached hydrogen (secondary N) is 1. The van der Waals surface area contributed by atoms with Gasteiger partial charge in [-0.3, -0.25) is 9.78 Å². The molecule has 0 radical (unpaired) electrons. The fraction of sp³-hybridized carbons (Fsp3) is 0.0769. The Morgan fingerprint density at radius 3 is 2.78 bits per heavy atom. The van der Waals surface area contributed by atoms with Gasteiger partial charge in [-0.05, 0) is 37.3 Å². The molecule has 0 atom stereocenters. The smallest absolute Gasteiger partial charge is 0.258 e. The molecular weight excluding hydrogens is 255 g/mol. The molecule has 5 heteroatoms. The summed E-state index contributed by atoms with van der Waals surface area (Å²) >= 11 is 5.73. The maximum absolute atomic E-state index is 13.5. The molecule has 0 bridgehead atoms. The second-order valence-corrected chi connectivity index (χ2v) is 4.20. The highest BCUT2D eigenvalue weighted by molar-refractivity contribution is 6.31. The highest BCUT2D eigenvalue weighted by atomic mass is 35.5. The first-order chi connectivity index (χ1) is 8.56. The lowest BCUT2D eigenvalue weighted by Crippen LogP contribution is -2.13. The number of rotatable bonds is 2. The van der Waals surface area contributed by atoms with Crippen molar-refractivity contribution in [2.45, 2.75) is 6.92 Å². The molecule has 18 heavy (non-hydrogen) atoms. The first-order valence-electron chi connectivity index (χ1n) is 5.25. The summed E-state index contributed by atoms with van der Waals surface area (Å²) in [7, 11) is 0. The minimum Gasteiger partial charge on any atom is -0.320 e. The summed E-state index contributed by atoms with van der Waals surface area (Å²) in [5.74, 6) is -1.17. The van der Waals surface area contributed by atoms with Crippen molar-refractivity contribution in [3.8, 4) is 0 Å². The number of carbonyl (C=O) groups is 1. The second kappa shape index (κ2) is 5.14. The average Bonchev–Trinajstić information content (AvgIpc) is 2.35. The van der Waals surface area contributed by atoms with Crippen molar-refractivity contribution in [3.63, 3.8) is 0 Å². The third kappa shape index (κ3) is 2.84. The number of anilines is 1. The number of pyridine rings is 1. The molecule has 1 heterocycles. The number of aromatic nitrogens is 1. The van der Waals surface area contributed by atoms with Gasteiger partial charge in [-0.1, -0.05) is 11.6 Å². The van der Waals surface area contributed by atoms with Gasteiger partial charge in [0, 0.05) is 10.7 Å². The monoisotopic (exact) mass is 264 g/mol. The van der Waals surface area contributed by atoms with Crippen molar-refractivity contribution < 1.29 is 9.18 Å². The number of benzene rings is 1. The first-order valence-corrected chi connectivity index (χ1v) is 5.63. The van der Waals surface area contributed by atoms with Crippen molar-refractivity contribution in [1.29, 1.82) is 0 Å². The Labute approximate surface area is 109 Å². The highest BCUT2D eigenvalue weighted by Gasteiger charge is 2.12. The van der Waals surface area contributed by atoms with Crippen molar-refractivity contribution >= 4 is 23.2 Å². The van der Waals surface area contributed by atoms with Crippen LogP contribution in [0.4, 0.5) is 10.1 Å². The Morgan fingerprint density at radius 1 is 1.33 bits per heavy atom. The Hall–Kier alpha value is -1.94. The first kappa shape index (κ1) is 12.5. The van der Waals surface area contributed by atoms with Crippen LogP contribution < -0.4 is 5.32 Å². The van der Waals surface area contributed by atoms with Crippen molar-refractivity contribution in [2.75, 3.05) is 5.32 Å². The van der Waals surface area contributed by atoms with Crippen LogP contribution in [0.15, 0.2) is 36.5 Å². The van der Waals surface area contributed by atoms with Crippen LogP contribution in [0.3, 0.4) is 0 Å². The predicted octanol–water partition coefficient (Wildman–Crippen LogP) is 3.43. The lowest BCUT2D eigenvalue weighted by atomic mass is 10.2. The number of nitrogens with zero attached hydrogens (tertiary/aromatic N) is 1. The van der Waals surface area contributed by atoms with E-state index in [0.29, 0.717) is 10.7 Å². The van der Waals surface area contributed by atoms with Gasteiger partial charge in [0.1, 0.15) is 5.82 Å². The van der Waals surface area contributed by atoms with E-state index in [9.17, 15) is 9.18 Å². The van der Waals surface area contributed by atoms with Crippen molar-refractivity contribution in [3.05, 3.63) is 58.6 Å². The van der Waals surface area contributed by atoms with Crippen LogP contribution in [0.2, 0.25) is 5.02 Å². The molecule has 0 unspecified atom stereocenters. The number of hydrogen-bond acceptors (Lipinski definition) is 2. The molecule has 0 fully saturated rings. The molecule has 0 aliphatic rings. The zero-order valence-electron chi connectivity index (χ0n) is 9.58. The quantitative estimate of drug-likeness (QED) is 0.903. The molecule has 2 aromatic rings. The van der Waals surface area contributed by atoms with E-state index in [-0.39, 0.29) is 5.56 Å². The molecule has 1 aromatic carbocycles. The summed E-state index contributed by atoms with van der Waals surface area (Å²) in [6.45, 7) is 1.84. The fourth-order valence-electron chi connectivity index (χ4n) is 1.41. The summed E-state index contributed by atoms with van der Waals surface area (Å²) < 4.78 is 13.5. The normalized spacial score (nSPS) is 10.2. The van der Waals surface area contributed by atoms with Crippen LogP contribution in [0.1, 0.15) is 16.1 Å². The predicted molar refractivity (Wildman–Crippen MR) is 68.3 cm³/mol. The SMILES string of the molecule is Cc1ccc(NC(=O)c2cc(Cl)ccc2F)cn1. The van der Waals surface area contributed by atoms with E-state index in [1.807, 2.05) is 6.92 Å². The summed E-state index contributed by atoms with van der Waals surface area (Å²) in [5, 5.41) is 2.86. The molecule has 1 aromatic heterocycles. The van der Waals surface area contributed by atoms with Gasteiger partial charge in [-0.25, -0.2) is 4.39 Å². The number of amides is 1. The van der Waals surface area contributed by atoms with Gasteiger partial charge in [0.2, 0.25) is 0 Å². The van der Waals surface area contributed by atoms with Gasteiger partial charge in [0.15, 0.2) is 0 Å². The van der Waals surface area contributed by atoms with Gasteiger partial charge >= 0.3 is 0 Å². The second-order valence-electron chi connectivity index (χ2n) is 3.77. The molecule has 0 saturated carbocycles. The van der Waals surface area contributed by atoms with E-state index in [0.717, 1.165) is 11.8 Å². The third-order valence-electron chi connectivity index (χ3n) is 2.34. The largest absolute Gasteiger partial charge is 0.320 e. The van der Waals surface area contributed by atoms with E-state index in [2.05, 4.69) is 10.3 Å². The number of halogens is 2. The average molecular weight is 265 g/mol. The van der Waals surface area contributed by atoms with E-state index in [4.69, 9.17) is 11.6 Å². The number of carbonyl (C=O) groups excluding carboxylic acids is 1. The summed E-state index contributed by atoms with van der Waals surface area (Å²) in [4.78, 5) is 15.9. The van der Waals surface area contributed by atoms with Crippen LogP contribution >= 0.6 is 11.6 Å².